The maximum absolute atomic E-state index is 4.36. The monoisotopic (exact) mass is 174 g/mol. The lowest BCUT2D eigenvalue weighted by Gasteiger charge is -2.00. The lowest BCUT2D eigenvalue weighted by molar-refractivity contribution is 0.697. The number of aryl methyl sites for hydroxylation is 2. The molecule has 0 spiro atoms. The van der Waals surface area contributed by atoms with Crippen LogP contribution in [0.2, 0.25) is 0 Å². The van der Waals surface area contributed by atoms with Gasteiger partial charge in [-0.05, 0) is 31.0 Å². The van der Waals surface area contributed by atoms with Gasteiger partial charge >= 0.3 is 0 Å². The smallest absolute Gasteiger partial charge is 0.0958 e. The molecule has 0 radical (unpaired) electrons. The summed E-state index contributed by atoms with van der Waals surface area (Å²) < 4.78 is 2.20. The minimum absolute atomic E-state index is 1.06. The Morgan fingerprint density at radius 1 is 1.38 bits per heavy atom. The van der Waals surface area contributed by atoms with Crippen LogP contribution < -0.4 is 0 Å². The van der Waals surface area contributed by atoms with Gasteiger partial charge in [0.25, 0.3) is 0 Å². The lowest BCUT2D eigenvalue weighted by Crippen LogP contribution is -1.93. The molecule has 0 bridgehead atoms. The van der Waals surface area contributed by atoms with Crippen molar-refractivity contribution in [2.75, 3.05) is 0 Å². The van der Waals surface area contributed by atoms with Crippen LogP contribution in [0.1, 0.15) is 18.9 Å². The number of nitrogens with zero attached hydrogens (tertiary/aromatic N) is 2. The summed E-state index contributed by atoms with van der Waals surface area (Å²) in [5, 5.41) is 0. The zero-order valence-corrected chi connectivity index (χ0v) is 8.12. The van der Waals surface area contributed by atoms with E-state index in [4.69, 9.17) is 0 Å². The minimum Gasteiger partial charge on any atom is -0.331 e. The molecule has 2 rings (SSSR count). The largest absolute Gasteiger partial charge is 0.331 e. The molecule has 0 aliphatic rings. The van der Waals surface area contributed by atoms with Crippen LogP contribution in [0, 0.1) is 6.92 Å². The van der Waals surface area contributed by atoms with Crippen molar-refractivity contribution in [1.82, 2.24) is 9.55 Å². The molecule has 0 atom stereocenters. The van der Waals surface area contributed by atoms with Gasteiger partial charge in [-0.25, -0.2) is 4.98 Å². The van der Waals surface area contributed by atoms with Crippen molar-refractivity contribution in [2.45, 2.75) is 26.8 Å². The standard InChI is InChI=1S/C11H14N2/c1-3-6-13-8-12-10-7-9(2)4-5-11(10)13/h4-5,7-8H,3,6H2,1-2H3. The maximum Gasteiger partial charge on any atom is 0.0958 e. The van der Waals surface area contributed by atoms with E-state index in [1.165, 1.54) is 11.1 Å². The van der Waals surface area contributed by atoms with Crippen molar-refractivity contribution in [3.63, 3.8) is 0 Å². The highest BCUT2D eigenvalue weighted by atomic mass is 15.0. The molecule has 0 aliphatic carbocycles. The molecule has 0 saturated heterocycles. The van der Waals surface area contributed by atoms with Gasteiger partial charge < -0.3 is 4.57 Å². The fourth-order valence-electron chi connectivity index (χ4n) is 1.59. The first-order valence-electron chi connectivity index (χ1n) is 4.72. The molecule has 13 heavy (non-hydrogen) atoms. The Morgan fingerprint density at radius 2 is 2.23 bits per heavy atom. The third-order valence-electron chi connectivity index (χ3n) is 2.24. The number of rotatable bonds is 2. The normalized spacial score (nSPS) is 10.9. The van der Waals surface area contributed by atoms with Crippen molar-refractivity contribution in [2.24, 2.45) is 0 Å². The minimum atomic E-state index is 1.06. The highest BCUT2D eigenvalue weighted by Crippen LogP contribution is 2.14. The van der Waals surface area contributed by atoms with Crippen LogP contribution >= 0.6 is 0 Å². The molecule has 68 valence electrons. The second-order valence-corrected chi connectivity index (χ2v) is 3.43. The molecule has 1 aromatic carbocycles. The van der Waals surface area contributed by atoms with Crippen molar-refractivity contribution in [1.29, 1.82) is 0 Å². The van der Waals surface area contributed by atoms with Crippen LogP contribution in [-0.2, 0) is 6.54 Å². The average Bonchev–Trinajstić information content (AvgIpc) is 2.49. The van der Waals surface area contributed by atoms with Crippen LogP contribution in [0.4, 0.5) is 0 Å². The van der Waals surface area contributed by atoms with Crippen LogP contribution in [0.25, 0.3) is 11.0 Å². The molecule has 0 amide bonds. The predicted octanol–water partition coefficient (Wildman–Crippen LogP) is 2.75. The van der Waals surface area contributed by atoms with Crippen LogP contribution in [-0.4, -0.2) is 9.55 Å². The fraction of sp³-hybridized carbons (Fsp3) is 0.364. The SMILES string of the molecule is CCCn1cnc2cc(C)ccc21. The first kappa shape index (κ1) is 8.30. The topological polar surface area (TPSA) is 17.8 Å². The van der Waals surface area contributed by atoms with Gasteiger partial charge in [0.05, 0.1) is 17.4 Å². The van der Waals surface area contributed by atoms with E-state index in [2.05, 4.69) is 41.6 Å². The number of benzene rings is 1. The summed E-state index contributed by atoms with van der Waals surface area (Å²) in [6, 6.07) is 6.41. The van der Waals surface area contributed by atoms with Crippen molar-refractivity contribution >= 4 is 11.0 Å². The Bertz CT molecular complexity index is 415. The van der Waals surface area contributed by atoms with E-state index in [0.717, 1.165) is 18.5 Å². The van der Waals surface area contributed by atoms with Gasteiger partial charge in [0, 0.05) is 6.54 Å². The Balaban J connectivity index is 2.55. The molecule has 1 heterocycles. The molecule has 1 aromatic heterocycles. The average molecular weight is 174 g/mol. The van der Waals surface area contributed by atoms with E-state index in [1.807, 2.05) is 6.33 Å². The summed E-state index contributed by atoms with van der Waals surface area (Å²) in [7, 11) is 0. The third kappa shape index (κ3) is 1.44. The summed E-state index contributed by atoms with van der Waals surface area (Å²) in [4.78, 5) is 4.36. The second-order valence-electron chi connectivity index (χ2n) is 3.43. The summed E-state index contributed by atoms with van der Waals surface area (Å²) >= 11 is 0. The molecule has 2 heteroatoms. The molecule has 0 unspecified atom stereocenters. The number of aromatic nitrogens is 2. The number of fused-ring (bicyclic) bond motifs is 1. The predicted molar refractivity (Wildman–Crippen MR) is 54.8 cm³/mol. The van der Waals surface area contributed by atoms with Crippen molar-refractivity contribution in [3.8, 4) is 0 Å². The van der Waals surface area contributed by atoms with E-state index < -0.39 is 0 Å². The van der Waals surface area contributed by atoms with E-state index in [-0.39, 0.29) is 0 Å². The Morgan fingerprint density at radius 3 is 3.00 bits per heavy atom. The first-order chi connectivity index (χ1) is 6.31. The highest BCUT2D eigenvalue weighted by molar-refractivity contribution is 5.75. The first-order valence-corrected chi connectivity index (χ1v) is 4.72. The van der Waals surface area contributed by atoms with Gasteiger partial charge in [-0.2, -0.15) is 0 Å². The molecule has 2 nitrogen and oxygen atoms in total. The molecule has 2 aromatic rings. The van der Waals surface area contributed by atoms with Crippen LogP contribution in [0.3, 0.4) is 0 Å². The number of imidazole rings is 1. The number of hydrogen-bond donors (Lipinski definition) is 0. The van der Waals surface area contributed by atoms with Crippen molar-refractivity contribution < 1.29 is 0 Å². The van der Waals surface area contributed by atoms with Crippen molar-refractivity contribution in [3.05, 3.63) is 30.1 Å². The Hall–Kier alpha value is -1.31. The summed E-state index contributed by atoms with van der Waals surface area (Å²) in [6.07, 6.45) is 3.08. The Labute approximate surface area is 78.2 Å². The Kier molecular flexibility index (Phi) is 2.05. The maximum atomic E-state index is 4.36. The molecular formula is C11H14N2. The molecule has 0 saturated carbocycles. The second kappa shape index (κ2) is 3.21. The van der Waals surface area contributed by atoms with Gasteiger partial charge in [0.1, 0.15) is 0 Å². The summed E-state index contributed by atoms with van der Waals surface area (Å²) in [5.41, 5.74) is 3.62. The molecular weight excluding hydrogens is 160 g/mol. The van der Waals surface area contributed by atoms with E-state index in [9.17, 15) is 0 Å². The molecule has 0 aliphatic heterocycles. The summed E-state index contributed by atoms with van der Waals surface area (Å²) in [6.45, 7) is 5.33. The van der Waals surface area contributed by atoms with Crippen LogP contribution in [0.5, 0.6) is 0 Å². The third-order valence-corrected chi connectivity index (χ3v) is 2.24. The van der Waals surface area contributed by atoms with Gasteiger partial charge in [-0.3, -0.25) is 0 Å². The quantitative estimate of drug-likeness (QED) is 0.684. The van der Waals surface area contributed by atoms with Gasteiger partial charge in [-0.15, -0.1) is 0 Å². The molecule has 0 fully saturated rings. The zero-order valence-electron chi connectivity index (χ0n) is 8.12. The van der Waals surface area contributed by atoms with Gasteiger partial charge in [0.15, 0.2) is 0 Å². The van der Waals surface area contributed by atoms with E-state index in [1.54, 1.807) is 0 Å². The van der Waals surface area contributed by atoms with E-state index >= 15 is 0 Å². The number of hydrogen-bond acceptors (Lipinski definition) is 1. The fourth-order valence-corrected chi connectivity index (χ4v) is 1.59. The van der Waals surface area contributed by atoms with Gasteiger partial charge in [0.2, 0.25) is 0 Å². The van der Waals surface area contributed by atoms with E-state index in [0.29, 0.717) is 0 Å². The summed E-state index contributed by atoms with van der Waals surface area (Å²) in [5.74, 6) is 0. The van der Waals surface area contributed by atoms with Crippen LogP contribution in [0.15, 0.2) is 24.5 Å². The van der Waals surface area contributed by atoms with Gasteiger partial charge in [-0.1, -0.05) is 13.0 Å². The highest BCUT2D eigenvalue weighted by Gasteiger charge is 2.00. The zero-order chi connectivity index (χ0) is 9.26. The molecule has 0 N–H and O–H groups in total. The lowest BCUT2D eigenvalue weighted by atomic mass is 10.2.